The van der Waals surface area contributed by atoms with Crippen LogP contribution in [0.1, 0.15) is 15.9 Å². The lowest BCUT2D eigenvalue weighted by molar-refractivity contribution is 0.0689. The molecule has 0 aromatic heterocycles. The van der Waals surface area contributed by atoms with E-state index in [1.54, 1.807) is 0 Å². The number of aliphatic hydroxyl groups excluding tert-OH is 2. The van der Waals surface area contributed by atoms with E-state index in [1.165, 1.54) is 27.4 Å². The minimum Gasteiger partial charge on any atom is -0.493 e. The molecule has 0 saturated carbocycles. The van der Waals surface area contributed by atoms with Crippen LogP contribution in [0.3, 0.4) is 0 Å². The van der Waals surface area contributed by atoms with Gasteiger partial charge in [-0.25, -0.2) is 4.79 Å². The van der Waals surface area contributed by atoms with Crippen molar-refractivity contribution in [2.24, 2.45) is 0 Å². The summed E-state index contributed by atoms with van der Waals surface area (Å²) in [5.74, 6) is -0.578. The molecule has 1 atom stereocenters. The second kappa shape index (κ2) is 6.97. The van der Waals surface area contributed by atoms with Crippen molar-refractivity contribution in [1.29, 1.82) is 0 Å². The Morgan fingerprint density at radius 3 is 2.20 bits per heavy atom. The lowest BCUT2D eigenvalue weighted by atomic mass is 9.99. The van der Waals surface area contributed by atoms with Gasteiger partial charge in [0, 0.05) is 12.0 Å². The minimum atomic E-state index is -1.19. The van der Waals surface area contributed by atoms with Gasteiger partial charge in [-0.15, -0.1) is 0 Å². The molecule has 0 aliphatic carbocycles. The molecule has 7 heteroatoms. The van der Waals surface area contributed by atoms with Crippen molar-refractivity contribution in [3.05, 3.63) is 17.2 Å². The van der Waals surface area contributed by atoms with Crippen LogP contribution in [0.25, 0.3) is 0 Å². The summed E-state index contributed by atoms with van der Waals surface area (Å²) in [6.07, 6.45) is -1.18. The first kappa shape index (κ1) is 16.1. The van der Waals surface area contributed by atoms with Crippen molar-refractivity contribution in [3.8, 4) is 17.2 Å². The van der Waals surface area contributed by atoms with Gasteiger partial charge in [-0.2, -0.15) is 0 Å². The summed E-state index contributed by atoms with van der Waals surface area (Å²) in [6.45, 7) is -0.490. The fraction of sp³-hybridized carbons (Fsp3) is 0.462. The van der Waals surface area contributed by atoms with Gasteiger partial charge in [0.1, 0.15) is 0 Å². The van der Waals surface area contributed by atoms with Crippen molar-refractivity contribution < 1.29 is 34.3 Å². The van der Waals surface area contributed by atoms with Gasteiger partial charge in [-0.3, -0.25) is 0 Å². The molecule has 1 unspecified atom stereocenters. The highest BCUT2D eigenvalue weighted by Crippen LogP contribution is 2.42. The smallest absolute Gasteiger partial charge is 0.336 e. The van der Waals surface area contributed by atoms with Crippen LogP contribution in [0.5, 0.6) is 17.2 Å². The van der Waals surface area contributed by atoms with Gasteiger partial charge in [0.25, 0.3) is 0 Å². The van der Waals surface area contributed by atoms with Crippen LogP contribution in [0.2, 0.25) is 0 Å². The summed E-state index contributed by atoms with van der Waals surface area (Å²) in [5.41, 5.74) is 0.159. The Morgan fingerprint density at radius 2 is 1.80 bits per heavy atom. The van der Waals surface area contributed by atoms with Crippen LogP contribution < -0.4 is 14.2 Å². The van der Waals surface area contributed by atoms with E-state index in [0.717, 1.165) is 0 Å². The summed E-state index contributed by atoms with van der Waals surface area (Å²) in [7, 11) is 4.13. The molecular weight excluding hydrogens is 268 g/mol. The van der Waals surface area contributed by atoms with E-state index in [9.17, 15) is 15.0 Å². The minimum absolute atomic E-state index is 0.0769. The topological polar surface area (TPSA) is 105 Å². The molecule has 1 aromatic rings. The average molecular weight is 286 g/mol. The van der Waals surface area contributed by atoms with E-state index in [-0.39, 0.29) is 34.8 Å². The number of carboxylic acid groups (broad SMARTS) is 1. The number of hydrogen-bond acceptors (Lipinski definition) is 6. The Hall–Kier alpha value is -1.99. The Labute approximate surface area is 116 Å². The molecule has 3 N–H and O–H groups in total. The highest BCUT2D eigenvalue weighted by Gasteiger charge is 2.25. The molecule has 0 spiro atoms. The molecule has 0 aliphatic heterocycles. The Bertz CT molecular complexity index is 484. The average Bonchev–Trinajstić information content (AvgIpc) is 2.45. The molecule has 0 amide bonds. The molecule has 20 heavy (non-hydrogen) atoms. The first-order valence-corrected chi connectivity index (χ1v) is 5.84. The highest BCUT2D eigenvalue weighted by atomic mass is 16.5. The van der Waals surface area contributed by atoms with E-state index >= 15 is 0 Å². The van der Waals surface area contributed by atoms with Gasteiger partial charge in [0.05, 0.1) is 39.6 Å². The monoisotopic (exact) mass is 286 g/mol. The van der Waals surface area contributed by atoms with Gasteiger partial charge in [0.2, 0.25) is 5.75 Å². The Balaban J connectivity index is 3.53. The zero-order valence-electron chi connectivity index (χ0n) is 11.5. The lowest BCUT2D eigenvalue weighted by Crippen LogP contribution is -2.18. The fourth-order valence-electron chi connectivity index (χ4n) is 1.91. The van der Waals surface area contributed by atoms with E-state index in [0.29, 0.717) is 0 Å². The number of aromatic carboxylic acids is 1. The number of carbonyl (C=O) groups is 1. The summed E-state index contributed by atoms with van der Waals surface area (Å²) in [5, 5.41) is 27.7. The van der Waals surface area contributed by atoms with Crippen molar-refractivity contribution in [1.82, 2.24) is 0 Å². The van der Waals surface area contributed by atoms with Crippen LogP contribution in [-0.4, -0.2) is 55.3 Å². The van der Waals surface area contributed by atoms with E-state index in [2.05, 4.69) is 0 Å². The second-order valence-corrected chi connectivity index (χ2v) is 4.02. The summed E-state index contributed by atoms with van der Waals surface area (Å²) >= 11 is 0. The Kier molecular flexibility index (Phi) is 5.60. The predicted octanol–water partition coefficient (Wildman–Crippen LogP) is 0.306. The number of aliphatic hydroxyl groups is 2. The molecule has 112 valence electrons. The molecule has 0 bridgehead atoms. The number of carboxylic acids is 1. The normalized spacial score (nSPS) is 11.8. The molecule has 1 aromatic carbocycles. The Morgan fingerprint density at radius 1 is 1.20 bits per heavy atom. The number of methoxy groups -OCH3 is 3. The zero-order chi connectivity index (χ0) is 15.3. The second-order valence-electron chi connectivity index (χ2n) is 4.02. The number of hydrogen-bond donors (Lipinski definition) is 3. The van der Waals surface area contributed by atoms with Crippen LogP contribution in [0.4, 0.5) is 0 Å². The SMILES string of the molecule is COc1cc(C(=O)O)c(CC(O)CO)c(OC)c1OC. The van der Waals surface area contributed by atoms with E-state index in [1.807, 2.05) is 0 Å². The summed E-state index contributed by atoms with van der Waals surface area (Å²) in [4.78, 5) is 11.3. The quantitative estimate of drug-likeness (QED) is 0.662. The molecule has 0 heterocycles. The molecular formula is C13H18O7. The van der Waals surface area contributed by atoms with E-state index in [4.69, 9.17) is 19.3 Å². The van der Waals surface area contributed by atoms with Crippen LogP contribution >= 0.6 is 0 Å². The maximum absolute atomic E-state index is 11.3. The fourth-order valence-corrected chi connectivity index (χ4v) is 1.91. The highest BCUT2D eigenvalue weighted by molar-refractivity contribution is 5.92. The third-order valence-electron chi connectivity index (χ3n) is 2.81. The van der Waals surface area contributed by atoms with Crippen LogP contribution in [0.15, 0.2) is 6.07 Å². The summed E-state index contributed by atoms with van der Waals surface area (Å²) < 4.78 is 15.4. The van der Waals surface area contributed by atoms with Crippen LogP contribution in [0, 0.1) is 0 Å². The first-order chi connectivity index (χ1) is 9.49. The number of benzene rings is 1. The molecule has 7 nitrogen and oxygen atoms in total. The van der Waals surface area contributed by atoms with Crippen molar-refractivity contribution in [2.45, 2.75) is 12.5 Å². The third kappa shape index (κ3) is 3.12. The van der Waals surface area contributed by atoms with E-state index < -0.39 is 18.7 Å². The van der Waals surface area contributed by atoms with Crippen molar-refractivity contribution >= 4 is 5.97 Å². The number of ether oxygens (including phenoxy) is 3. The predicted molar refractivity (Wildman–Crippen MR) is 69.9 cm³/mol. The van der Waals surface area contributed by atoms with Gasteiger partial charge in [-0.05, 0) is 6.07 Å². The van der Waals surface area contributed by atoms with Gasteiger partial charge < -0.3 is 29.5 Å². The van der Waals surface area contributed by atoms with Crippen LogP contribution in [-0.2, 0) is 6.42 Å². The van der Waals surface area contributed by atoms with Gasteiger partial charge in [0.15, 0.2) is 11.5 Å². The van der Waals surface area contributed by atoms with Gasteiger partial charge >= 0.3 is 5.97 Å². The molecule has 0 aliphatic rings. The largest absolute Gasteiger partial charge is 0.493 e. The maximum Gasteiger partial charge on any atom is 0.336 e. The first-order valence-electron chi connectivity index (χ1n) is 5.84. The molecule has 1 rings (SSSR count). The lowest BCUT2D eigenvalue weighted by Gasteiger charge is -2.19. The van der Waals surface area contributed by atoms with Crippen molar-refractivity contribution in [2.75, 3.05) is 27.9 Å². The van der Waals surface area contributed by atoms with Gasteiger partial charge in [-0.1, -0.05) is 0 Å². The third-order valence-corrected chi connectivity index (χ3v) is 2.81. The maximum atomic E-state index is 11.3. The zero-order valence-corrected chi connectivity index (χ0v) is 11.5. The molecule has 0 radical (unpaired) electrons. The van der Waals surface area contributed by atoms with Crippen molar-refractivity contribution in [3.63, 3.8) is 0 Å². The summed E-state index contributed by atoms with van der Waals surface area (Å²) in [6, 6.07) is 1.29. The standard InChI is InChI=1S/C13H18O7/c1-18-10-5-9(13(16)17)8(4-7(15)6-14)11(19-2)12(10)20-3/h5,7,14-15H,4,6H2,1-3H3,(H,16,17). The molecule has 0 fully saturated rings. The number of rotatable bonds is 7. The molecule has 0 saturated heterocycles.